The van der Waals surface area contributed by atoms with E-state index in [0.29, 0.717) is 13.1 Å². The molecule has 1 saturated heterocycles. The van der Waals surface area contributed by atoms with Crippen LogP contribution in [-0.4, -0.2) is 33.2 Å². The maximum absolute atomic E-state index is 12.5. The van der Waals surface area contributed by atoms with Crippen LogP contribution in [0.15, 0.2) is 42.5 Å². The number of aryl methyl sites for hydroxylation is 1. The zero-order valence-electron chi connectivity index (χ0n) is 16.4. The van der Waals surface area contributed by atoms with E-state index in [4.69, 9.17) is 9.47 Å². The van der Waals surface area contributed by atoms with E-state index in [1.807, 2.05) is 24.3 Å². The van der Waals surface area contributed by atoms with Crippen LogP contribution in [0.4, 0.5) is 0 Å². The normalized spacial score (nSPS) is 18.9. The first-order chi connectivity index (χ1) is 13.1. The summed E-state index contributed by atoms with van der Waals surface area (Å²) in [6, 6.07) is 14.4. The summed E-state index contributed by atoms with van der Waals surface area (Å²) >= 11 is 0. The highest BCUT2D eigenvalue weighted by atomic mass is 16.5. The number of carbonyl (C=O) groups excluding carboxylic acids is 1. The van der Waals surface area contributed by atoms with E-state index < -0.39 is 0 Å². The maximum atomic E-state index is 12.5. The number of nitrogens with one attached hydrogen (secondary N) is 2. The topological polar surface area (TPSA) is 52.0 Å². The summed E-state index contributed by atoms with van der Waals surface area (Å²) in [6.45, 7) is 4.12. The molecule has 2 aromatic carbocycles. The van der Waals surface area contributed by atoms with Gasteiger partial charge in [0, 0.05) is 25.5 Å². The highest BCUT2D eigenvalue weighted by molar-refractivity contribution is 5.76. The molecule has 5 nitrogen and oxygen atoms in total. The standard InChI is InChI=1S/C22H28N2O3/c1-16-7-4-5-8-17(16)14-23-22(25)15-24-12-6-9-20(24)19-11-10-18(26-2)13-21(19)27-3/h4-5,7-8,10-11,13,20H,6,9,12,14-15H2,1-3H3,(H,23,25)/p+1/t20-/m1/s1. The van der Waals surface area contributed by atoms with Crippen molar-refractivity contribution < 1.29 is 19.2 Å². The molecule has 1 aliphatic heterocycles. The molecule has 5 heteroatoms. The molecule has 144 valence electrons. The molecule has 1 heterocycles. The number of benzene rings is 2. The first-order valence-electron chi connectivity index (χ1n) is 9.50. The summed E-state index contributed by atoms with van der Waals surface area (Å²) in [5, 5.41) is 3.07. The highest BCUT2D eigenvalue weighted by Gasteiger charge is 2.33. The third-order valence-corrected chi connectivity index (χ3v) is 5.42. The van der Waals surface area contributed by atoms with Gasteiger partial charge in [0.05, 0.1) is 26.3 Å². The van der Waals surface area contributed by atoms with Gasteiger partial charge in [0.2, 0.25) is 0 Å². The quantitative estimate of drug-likeness (QED) is 0.785. The molecule has 3 rings (SSSR count). The number of quaternary nitrogens is 1. The molecule has 0 aliphatic carbocycles. The number of likely N-dealkylation sites (tertiary alicyclic amines) is 1. The van der Waals surface area contributed by atoms with E-state index in [-0.39, 0.29) is 11.9 Å². The summed E-state index contributed by atoms with van der Waals surface area (Å²) in [4.78, 5) is 13.8. The van der Waals surface area contributed by atoms with Crippen LogP contribution in [0.1, 0.15) is 35.6 Å². The van der Waals surface area contributed by atoms with Gasteiger partial charge < -0.3 is 19.7 Å². The number of carbonyl (C=O) groups is 1. The van der Waals surface area contributed by atoms with Gasteiger partial charge in [0.1, 0.15) is 17.5 Å². The predicted octanol–water partition coefficient (Wildman–Crippen LogP) is 2.05. The lowest BCUT2D eigenvalue weighted by atomic mass is 10.0. The lowest BCUT2D eigenvalue weighted by Gasteiger charge is -2.23. The largest absolute Gasteiger partial charge is 0.497 e. The number of hydrogen-bond donors (Lipinski definition) is 2. The van der Waals surface area contributed by atoms with Crippen LogP contribution in [-0.2, 0) is 11.3 Å². The minimum absolute atomic E-state index is 0.0904. The van der Waals surface area contributed by atoms with Gasteiger partial charge in [0.15, 0.2) is 6.54 Å². The molecule has 1 aliphatic rings. The number of amides is 1. The van der Waals surface area contributed by atoms with Crippen molar-refractivity contribution in [3.8, 4) is 11.5 Å². The summed E-state index contributed by atoms with van der Waals surface area (Å²) < 4.78 is 10.9. The van der Waals surface area contributed by atoms with Gasteiger partial charge in [-0.3, -0.25) is 4.79 Å². The molecule has 0 radical (unpaired) electrons. The zero-order valence-corrected chi connectivity index (χ0v) is 16.4. The average Bonchev–Trinajstić information content (AvgIpc) is 3.14. The molecule has 0 spiro atoms. The molecule has 27 heavy (non-hydrogen) atoms. The molecule has 0 saturated carbocycles. The molecule has 2 aromatic rings. The summed E-state index contributed by atoms with van der Waals surface area (Å²) in [5.41, 5.74) is 3.51. The molecule has 1 fully saturated rings. The van der Waals surface area contributed by atoms with Crippen LogP contribution in [0.3, 0.4) is 0 Å². The van der Waals surface area contributed by atoms with Gasteiger partial charge in [0.25, 0.3) is 5.91 Å². The zero-order chi connectivity index (χ0) is 19.2. The third-order valence-electron chi connectivity index (χ3n) is 5.42. The van der Waals surface area contributed by atoms with Gasteiger partial charge in [-0.05, 0) is 30.2 Å². The Balaban J connectivity index is 1.64. The lowest BCUT2D eigenvalue weighted by molar-refractivity contribution is -0.910. The first kappa shape index (κ1) is 19.2. The molecule has 0 aromatic heterocycles. The predicted molar refractivity (Wildman–Crippen MR) is 105 cm³/mol. The summed E-state index contributed by atoms with van der Waals surface area (Å²) in [6.07, 6.45) is 2.17. The van der Waals surface area contributed by atoms with Crippen LogP contribution >= 0.6 is 0 Å². The minimum atomic E-state index is 0.0904. The fourth-order valence-electron chi connectivity index (χ4n) is 3.88. The molecule has 1 unspecified atom stereocenters. The van der Waals surface area contributed by atoms with Crippen molar-refractivity contribution in [2.75, 3.05) is 27.3 Å². The maximum Gasteiger partial charge on any atom is 0.275 e. The van der Waals surface area contributed by atoms with E-state index >= 15 is 0 Å². The van der Waals surface area contributed by atoms with Crippen LogP contribution in [0, 0.1) is 6.92 Å². The van der Waals surface area contributed by atoms with Crippen LogP contribution in [0.2, 0.25) is 0 Å². The number of rotatable bonds is 7. The monoisotopic (exact) mass is 369 g/mol. The third kappa shape index (κ3) is 4.61. The van der Waals surface area contributed by atoms with Gasteiger partial charge in [-0.25, -0.2) is 0 Å². The van der Waals surface area contributed by atoms with Crippen molar-refractivity contribution in [1.29, 1.82) is 0 Å². The Labute approximate surface area is 161 Å². The van der Waals surface area contributed by atoms with Crippen molar-refractivity contribution in [3.05, 3.63) is 59.2 Å². The Morgan fingerprint density at radius 3 is 2.74 bits per heavy atom. The fourth-order valence-corrected chi connectivity index (χ4v) is 3.88. The second-order valence-electron chi connectivity index (χ2n) is 7.09. The average molecular weight is 369 g/mol. The molecule has 1 amide bonds. The minimum Gasteiger partial charge on any atom is -0.497 e. The van der Waals surface area contributed by atoms with Crippen LogP contribution in [0.5, 0.6) is 11.5 Å². The molecular formula is C22H29N2O3+. The van der Waals surface area contributed by atoms with Crippen molar-refractivity contribution in [1.82, 2.24) is 5.32 Å². The lowest BCUT2D eigenvalue weighted by Crippen LogP contribution is -3.11. The Kier molecular flexibility index (Phi) is 6.35. The summed E-state index contributed by atoms with van der Waals surface area (Å²) in [5.74, 6) is 1.71. The Morgan fingerprint density at radius 1 is 1.19 bits per heavy atom. The van der Waals surface area contributed by atoms with Crippen molar-refractivity contribution in [2.24, 2.45) is 0 Å². The van der Waals surface area contributed by atoms with E-state index in [9.17, 15) is 4.79 Å². The Hall–Kier alpha value is -2.53. The van der Waals surface area contributed by atoms with Gasteiger partial charge in [-0.1, -0.05) is 24.3 Å². The second kappa shape index (κ2) is 8.91. The Bertz CT molecular complexity index is 791. The first-order valence-corrected chi connectivity index (χ1v) is 9.50. The number of ether oxygens (including phenoxy) is 2. The summed E-state index contributed by atoms with van der Waals surface area (Å²) in [7, 11) is 3.34. The number of methoxy groups -OCH3 is 2. The van der Waals surface area contributed by atoms with E-state index in [1.165, 1.54) is 10.5 Å². The number of hydrogen-bond acceptors (Lipinski definition) is 3. The van der Waals surface area contributed by atoms with Crippen LogP contribution in [0.25, 0.3) is 0 Å². The molecule has 2 atom stereocenters. The van der Waals surface area contributed by atoms with Gasteiger partial charge in [-0.2, -0.15) is 0 Å². The highest BCUT2D eigenvalue weighted by Crippen LogP contribution is 2.31. The molecule has 2 N–H and O–H groups in total. The van der Waals surface area contributed by atoms with E-state index in [1.54, 1.807) is 14.2 Å². The Morgan fingerprint density at radius 2 is 2.00 bits per heavy atom. The van der Waals surface area contributed by atoms with E-state index in [0.717, 1.165) is 42.0 Å². The van der Waals surface area contributed by atoms with Crippen molar-refractivity contribution >= 4 is 5.91 Å². The van der Waals surface area contributed by atoms with E-state index in [2.05, 4.69) is 30.4 Å². The smallest absolute Gasteiger partial charge is 0.275 e. The SMILES string of the molecule is COc1ccc([C@H]2CCC[NH+]2CC(=O)NCc2ccccc2C)c(OC)c1. The molecular weight excluding hydrogens is 340 g/mol. The molecule has 0 bridgehead atoms. The second-order valence-corrected chi connectivity index (χ2v) is 7.09. The van der Waals surface area contributed by atoms with Gasteiger partial charge in [-0.15, -0.1) is 0 Å². The van der Waals surface area contributed by atoms with Crippen molar-refractivity contribution in [2.45, 2.75) is 32.4 Å². The fraction of sp³-hybridized carbons (Fsp3) is 0.409. The van der Waals surface area contributed by atoms with Crippen molar-refractivity contribution in [3.63, 3.8) is 0 Å². The van der Waals surface area contributed by atoms with Gasteiger partial charge >= 0.3 is 0 Å². The van der Waals surface area contributed by atoms with Crippen LogP contribution < -0.4 is 19.7 Å².